The lowest BCUT2D eigenvalue weighted by atomic mass is 10.0. The molecule has 0 fully saturated rings. The van der Waals surface area contributed by atoms with Crippen molar-refractivity contribution < 1.29 is 9.52 Å². The highest BCUT2D eigenvalue weighted by molar-refractivity contribution is 5.79. The maximum absolute atomic E-state index is 10.4. The van der Waals surface area contributed by atoms with E-state index < -0.39 is 5.60 Å². The third-order valence-corrected chi connectivity index (χ3v) is 3.32. The number of aryl methyl sites for hydroxylation is 1. The molecule has 0 bridgehead atoms. The molecular weight excluding hydrogens is 282 g/mol. The van der Waals surface area contributed by atoms with E-state index in [2.05, 4.69) is 20.7 Å². The molecule has 0 radical (unpaired) electrons. The van der Waals surface area contributed by atoms with E-state index in [1.165, 1.54) is 0 Å². The second kappa shape index (κ2) is 7.13. The van der Waals surface area contributed by atoms with Crippen LogP contribution in [0.1, 0.15) is 25.3 Å². The lowest BCUT2D eigenvalue weighted by Crippen LogP contribution is -2.44. The number of nitrogens with zero attached hydrogens (tertiary/aromatic N) is 3. The molecule has 1 atom stereocenters. The molecule has 2 aromatic heterocycles. The molecular formula is C15H23N5O2. The molecule has 3 N–H and O–H groups in total. The third-order valence-electron chi connectivity index (χ3n) is 3.32. The van der Waals surface area contributed by atoms with E-state index in [1.807, 2.05) is 20.0 Å². The summed E-state index contributed by atoms with van der Waals surface area (Å²) in [5.41, 5.74) is -0.0957. The lowest BCUT2D eigenvalue weighted by molar-refractivity contribution is 0.0386. The van der Waals surface area contributed by atoms with E-state index in [9.17, 15) is 5.11 Å². The van der Waals surface area contributed by atoms with Crippen molar-refractivity contribution in [3.8, 4) is 0 Å². The zero-order valence-corrected chi connectivity index (χ0v) is 13.2. The Morgan fingerprint density at radius 2 is 2.27 bits per heavy atom. The third kappa shape index (κ3) is 4.11. The van der Waals surface area contributed by atoms with Gasteiger partial charge in [-0.15, -0.1) is 0 Å². The molecule has 7 heteroatoms. The molecule has 0 saturated heterocycles. The van der Waals surface area contributed by atoms with E-state index in [4.69, 9.17) is 4.42 Å². The van der Waals surface area contributed by atoms with Gasteiger partial charge >= 0.3 is 0 Å². The van der Waals surface area contributed by atoms with Gasteiger partial charge in [-0.05, 0) is 32.0 Å². The molecule has 120 valence electrons. The first-order chi connectivity index (χ1) is 10.5. The van der Waals surface area contributed by atoms with Crippen LogP contribution in [0.4, 0.5) is 0 Å². The van der Waals surface area contributed by atoms with Gasteiger partial charge < -0.3 is 20.2 Å². The van der Waals surface area contributed by atoms with E-state index >= 15 is 0 Å². The van der Waals surface area contributed by atoms with E-state index in [0.29, 0.717) is 18.3 Å². The summed E-state index contributed by atoms with van der Waals surface area (Å²) in [7, 11) is 1.88. The number of rotatable bonds is 6. The molecule has 7 nitrogen and oxygen atoms in total. The van der Waals surface area contributed by atoms with Crippen molar-refractivity contribution in [3.63, 3.8) is 0 Å². The van der Waals surface area contributed by atoms with Crippen LogP contribution in [-0.2, 0) is 19.2 Å². The van der Waals surface area contributed by atoms with Crippen molar-refractivity contribution in [2.45, 2.75) is 26.0 Å². The van der Waals surface area contributed by atoms with Crippen LogP contribution in [0.2, 0.25) is 0 Å². The Hall–Kier alpha value is -2.28. The number of aliphatic imine (C=N–C) groups is 1. The Balaban J connectivity index is 1.98. The zero-order chi connectivity index (χ0) is 16.0. The van der Waals surface area contributed by atoms with Gasteiger partial charge in [0.2, 0.25) is 0 Å². The summed E-state index contributed by atoms with van der Waals surface area (Å²) in [4.78, 5) is 4.49. The minimum atomic E-state index is -1.10. The fraction of sp³-hybridized carbons (Fsp3) is 0.467. The molecule has 2 aromatic rings. The average molecular weight is 305 g/mol. The summed E-state index contributed by atoms with van der Waals surface area (Å²) in [5, 5.41) is 20.8. The summed E-state index contributed by atoms with van der Waals surface area (Å²) in [6, 6.07) is 5.43. The molecule has 0 aliphatic heterocycles. The monoisotopic (exact) mass is 305 g/mol. The van der Waals surface area contributed by atoms with E-state index in [0.717, 1.165) is 12.2 Å². The van der Waals surface area contributed by atoms with E-state index in [-0.39, 0.29) is 6.54 Å². The standard InChI is InChI=1S/C15H23N5O2/c1-4-16-14(17-10-12-7-8-19-20(12)3)18-11-15(2,21)13-6-5-9-22-13/h5-9,21H,4,10-11H2,1-3H3,(H2,16,17,18). The van der Waals surface area contributed by atoms with Gasteiger partial charge in [-0.3, -0.25) is 4.68 Å². The largest absolute Gasteiger partial charge is 0.466 e. The molecule has 0 spiro atoms. The Labute approximate surface area is 130 Å². The van der Waals surface area contributed by atoms with Crippen molar-refractivity contribution in [2.24, 2.45) is 12.0 Å². The van der Waals surface area contributed by atoms with Gasteiger partial charge in [0, 0.05) is 19.8 Å². The second-order valence-corrected chi connectivity index (χ2v) is 5.25. The van der Waals surface area contributed by atoms with Crippen LogP contribution in [0.15, 0.2) is 40.1 Å². The number of nitrogens with one attached hydrogen (secondary N) is 2. The Bertz CT molecular complexity index is 601. The van der Waals surface area contributed by atoms with Crippen LogP contribution in [-0.4, -0.2) is 33.9 Å². The van der Waals surface area contributed by atoms with Crippen LogP contribution in [0.25, 0.3) is 0 Å². The number of aliphatic hydroxyl groups is 1. The summed E-state index contributed by atoms with van der Waals surface area (Å²) < 4.78 is 7.05. The maximum Gasteiger partial charge on any atom is 0.191 e. The summed E-state index contributed by atoms with van der Waals surface area (Å²) >= 11 is 0. The summed E-state index contributed by atoms with van der Waals surface area (Å²) in [6.07, 6.45) is 3.29. The van der Waals surface area contributed by atoms with Crippen LogP contribution in [0, 0.1) is 0 Å². The topological polar surface area (TPSA) is 87.6 Å². The summed E-state index contributed by atoms with van der Waals surface area (Å²) in [5.74, 6) is 1.15. The SMILES string of the molecule is CCNC(=NCc1ccnn1C)NCC(C)(O)c1ccco1. The Morgan fingerprint density at radius 1 is 1.45 bits per heavy atom. The molecule has 2 rings (SSSR count). The van der Waals surface area contributed by atoms with Gasteiger partial charge in [0.25, 0.3) is 0 Å². The van der Waals surface area contributed by atoms with Gasteiger partial charge in [0.05, 0.1) is 25.0 Å². The molecule has 22 heavy (non-hydrogen) atoms. The first kappa shape index (κ1) is 16.1. The second-order valence-electron chi connectivity index (χ2n) is 5.25. The van der Waals surface area contributed by atoms with Crippen molar-refractivity contribution in [1.29, 1.82) is 0 Å². The average Bonchev–Trinajstić information content (AvgIpc) is 3.14. The molecule has 0 aromatic carbocycles. The molecule has 0 amide bonds. The number of aromatic nitrogens is 2. The molecule has 1 unspecified atom stereocenters. The number of hydrogen-bond acceptors (Lipinski definition) is 4. The fourth-order valence-electron chi connectivity index (χ4n) is 1.99. The normalized spacial score (nSPS) is 14.6. The number of hydrogen-bond donors (Lipinski definition) is 3. The van der Waals surface area contributed by atoms with Gasteiger partial charge in [-0.1, -0.05) is 0 Å². The van der Waals surface area contributed by atoms with Gasteiger partial charge in [0.15, 0.2) is 5.96 Å². The van der Waals surface area contributed by atoms with Crippen LogP contribution < -0.4 is 10.6 Å². The van der Waals surface area contributed by atoms with Crippen molar-refractivity contribution >= 4 is 5.96 Å². The van der Waals surface area contributed by atoms with Gasteiger partial charge in [-0.25, -0.2) is 4.99 Å². The van der Waals surface area contributed by atoms with Gasteiger partial charge in [-0.2, -0.15) is 5.10 Å². The van der Waals surface area contributed by atoms with Crippen LogP contribution in [0.3, 0.4) is 0 Å². The zero-order valence-electron chi connectivity index (χ0n) is 13.2. The highest BCUT2D eigenvalue weighted by Crippen LogP contribution is 2.19. The smallest absolute Gasteiger partial charge is 0.191 e. The minimum Gasteiger partial charge on any atom is -0.466 e. The minimum absolute atomic E-state index is 0.289. The highest BCUT2D eigenvalue weighted by atomic mass is 16.4. The molecule has 0 aliphatic carbocycles. The predicted molar refractivity (Wildman–Crippen MR) is 84.3 cm³/mol. The molecule has 2 heterocycles. The number of furan rings is 1. The Morgan fingerprint density at radius 3 is 2.86 bits per heavy atom. The fourth-order valence-corrected chi connectivity index (χ4v) is 1.99. The van der Waals surface area contributed by atoms with Crippen molar-refractivity contribution in [1.82, 2.24) is 20.4 Å². The van der Waals surface area contributed by atoms with Crippen molar-refractivity contribution in [3.05, 3.63) is 42.1 Å². The predicted octanol–water partition coefficient (Wildman–Crippen LogP) is 0.976. The maximum atomic E-state index is 10.4. The molecule has 0 saturated carbocycles. The van der Waals surface area contributed by atoms with Gasteiger partial charge in [0.1, 0.15) is 11.4 Å². The van der Waals surface area contributed by atoms with Crippen LogP contribution in [0.5, 0.6) is 0 Å². The quantitative estimate of drug-likeness (QED) is 0.547. The first-order valence-electron chi connectivity index (χ1n) is 7.28. The van der Waals surface area contributed by atoms with Crippen molar-refractivity contribution in [2.75, 3.05) is 13.1 Å². The number of guanidine groups is 1. The van der Waals surface area contributed by atoms with E-state index in [1.54, 1.807) is 36.2 Å². The first-order valence-corrected chi connectivity index (χ1v) is 7.28. The molecule has 0 aliphatic rings. The van der Waals surface area contributed by atoms with Crippen LogP contribution >= 0.6 is 0 Å². The lowest BCUT2D eigenvalue weighted by Gasteiger charge is -2.22. The summed E-state index contributed by atoms with van der Waals surface area (Å²) in [6.45, 7) is 5.22. The highest BCUT2D eigenvalue weighted by Gasteiger charge is 2.26. The Kier molecular flexibility index (Phi) is 5.21.